The monoisotopic (exact) mass is 295 g/mol. The van der Waals surface area contributed by atoms with E-state index in [-0.39, 0.29) is 11.2 Å². The summed E-state index contributed by atoms with van der Waals surface area (Å²) in [5, 5.41) is 0. The molecule has 2 aliphatic rings. The van der Waals surface area contributed by atoms with Crippen molar-refractivity contribution in [1.82, 2.24) is 4.90 Å². The lowest BCUT2D eigenvalue weighted by atomic mass is 9.80. The molecule has 2 heteroatoms. The van der Waals surface area contributed by atoms with Crippen LogP contribution in [0.25, 0.3) is 0 Å². The lowest BCUT2D eigenvalue weighted by Crippen LogP contribution is -2.18. The minimum absolute atomic E-state index is 0.114. The fourth-order valence-corrected chi connectivity index (χ4v) is 2.52. The first-order chi connectivity index (χ1) is 10.2. The third kappa shape index (κ3) is 3.56. The SMILES string of the molecule is CC1=CC(=CC=C2C=CC(=O)C(C(C)(C)C)=C2)C=C(C)N1C. The van der Waals surface area contributed by atoms with Crippen LogP contribution in [0.1, 0.15) is 34.6 Å². The molecule has 0 atom stereocenters. The van der Waals surface area contributed by atoms with Gasteiger partial charge in [-0.15, -0.1) is 0 Å². The zero-order valence-electron chi connectivity index (χ0n) is 14.4. The first kappa shape index (κ1) is 16.3. The molecular formula is C20H25NO. The Labute approximate surface area is 133 Å². The summed E-state index contributed by atoms with van der Waals surface area (Å²) in [5.74, 6) is 0.114. The van der Waals surface area contributed by atoms with E-state index < -0.39 is 0 Å². The Morgan fingerprint density at radius 2 is 1.45 bits per heavy atom. The quantitative estimate of drug-likeness (QED) is 0.698. The predicted octanol–water partition coefficient (Wildman–Crippen LogP) is 4.70. The zero-order valence-corrected chi connectivity index (χ0v) is 14.4. The Morgan fingerprint density at radius 1 is 0.909 bits per heavy atom. The van der Waals surface area contributed by atoms with E-state index in [2.05, 4.69) is 70.9 Å². The Bertz CT molecular complexity index is 651. The number of hydrogen-bond donors (Lipinski definition) is 0. The van der Waals surface area contributed by atoms with E-state index in [9.17, 15) is 4.79 Å². The van der Waals surface area contributed by atoms with E-state index in [1.165, 1.54) is 17.0 Å². The maximum atomic E-state index is 12.0. The molecule has 22 heavy (non-hydrogen) atoms. The van der Waals surface area contributed by atoms with Crippen LogP contribution in [0, 0.1) is 5.41 Å². The average molecular weight is 295 g/mol. The summed E-state index contributed by atoms with van der Waals surface area (Å²) in [6.45, 7) is 10.4. The Morgan fingerprint density at radius 3 is 2.00 bits per heavy atom. The van der Waals surface area contributed by atoms with Crippen LogP contribution in [0.4, 0.5) is 0 Å². The maximum Gasteiger partial charge on any atom is 0.182 e. The molecule has 0 amide bonds. The summed E-state index contributed by atoms with van der Waals surface area (Å²) < 4.78 is 0. The van der Waals surface area contributed by atoms with Crippen molar-refractivity contribution in [2.45, 2.75) is 34.6 Å². The summed E-state index contributed by atoms with van der Waals surface area (Å²) in [6, 6.07) is 0. The summed E-state index contributed by atoms with van der Waals surface area (Å²) in [7, 11) is 2.07. The van der Waals surface area contributed by atoms with Crippen LogP contribution in [0.15, 0.2) is 70.6 Å². The topological polar surface area (TPSA) is 20.3 Å². The average Bonchev–Trinajstić information content (AvgIpc) is 2.42. The van der Waals surface area contributed by atoms with Crippen LogP contribution in [0.5, 0.6) is 0 Å². The van der Waals surface area contributed by atoms with Gasteiger partial charge in [0.05, 0.1) is 0 Å². The van der Waals surface area contributed by atoms with Gasteiger partial charge in [-0.3, -0.25) is 4.79 Å². The molecule has 0 saturated heterocycles. The van der Waals surface area contributed by atoms with Gasteiger partial charge in [-0.2, -0.15) is 0 Å². The van der Waals surface area contributed by atoms with Gasteiger partial charge in [-0.25, -0.2) is 0 Å². The maximum absolute atomic E-state index is 12.0. The summed E-state index contributed by atoms with van der Waals surface area (Å²) >= 11 is 0. The van der Waals surface area contributed by atoms with Crippen molar-refractivity contribution in [2.24, 2.45) is 5.41 Å². The minimum atomic E-state index is -0.130. The summed E-state index contributed by atoms with van der Waals surface area (Å²) in [6.07, 6.45) is 14.1. The zero-order chi connectivity index (χ0) is 16.5. The van der Waals surface area contributed by atoms with Crippen LogP contribution >= 0.6 is 0 Å². The van der Waals surface area contributed by atoms with E-state index >= 15 is 0 Å². The van der Waals surface area contributed by atoms with Gasteiger partial charge < -0.3 is 4.90 Å². The highest BCUT2D eigenvalue weighted by atomic mass is 16.1. The molecule has 0 spiro atoms. The van der Waals surface area contributed by atoms with E-state index in [0.717, 1.165) is 11.1 Å². The van der Waals surface area contributed by atoms with Gasteiger partial charge in [-0.1, -0.05) is 39.0 Å². The molecule has 0 aromatic rings. The molecule has 0 saturated carbocycles. The first-order valence-corrected chi connectivity index (χ1v) is 7.65. The Balaban J connectivity index is 2.31. The normalized spacial score (nSPS) is 20.9. The molecule has 2 rings (SSSR count). The highest BCUT2D eigenvalue weighted by Crippen LogP contribution is 2.30. The molecule has 0 fully saturated rings. The Hall–Kier alpha value is -2.09. The smallest absolute Gasteiger partial charge is 0.182 e. The number of carbonyl (C=O) groups is 1. The fourth-order valence-electron chi connectivity index (χ4n) is 2.52. The van der Waals surface area contributed by atoms with Gasteiger partial charge in [-0.05, 0) is 54.7 Å². The van der Waals surface area contributed by atoms with Crippen LogP contribution in [0.3, 0.4) is 0 Å². The van der Waals surface area contributed by atoms with Crippen molar-refractivity contribution < 1.29 is 4.79 Å². The van der Waals surface area contributed by atoms with E-state index in [0.29, 0.717) is 0 Å². The van der Waals surface area contributed by atoms with Crippen LogP contribution < -0.4 is 0 Å². The molecule has 1 aliphatic heterocycles. The van der Waals surface area contributed by atoms with Gasteiger partial charge in [0.1, 0.15) is 0 Å². The molecule has 0 bridgehead atoms. The number of hydrogen-bond acceptors (Lipinski definition) is 2. The number of nitrogens with zero attached hydrogens (tertiary/aromatic N) is 1. The fraction of sp³-hybridized carbons (Fsp3) is 0.350. The van der Waals surface area contributed by atoms with E-state index in [4.69, 9.17) is 0 Å². The predicted molar refractivity (Wildman–Crippen MR) is 93.1 cm³/mol. The molecule has 2 nitrogen and oxygen atoms in total. The third-order valence-corrected chi connectivity index (χ3v) is 4.09. The summed E-state index contributed by atoms with van der Waals surface area (Å²) in [5.41, 5.74) is 5.43. The van der Waals surface area contributed by atoms with Gasteiger partial charge in [0.25, 0.3) is 0 Å². The molecule has 0 radical (unpaired) electrons. The van der Waals surface area contributed by atoms with E-state index in [1.807, 2.05) is 12.2 Å². The molecule has 116 valence electrons. The van der Waals surface area contributed by atoms with Gasteiger partial charge >= 0.3 is 0 Å². The summed E-state index contributed by atoms with van der Waals surface area (Å²) in [4.78, 5) is 14.2. The second kappa shape index (κ2) is 5.96. The van der Waals surface area contributed by atoms with Crippen molar-refractivity contribution in [1.29, 1.82) is 0 Å². The standard InChI is InChI=1S/C20H25NO/c1-14-11-17(12-15(2)21(14)6)8-7-16-9-10-19(22)18(13-16)20(3,4)5/h7-13H,1-6H3. The molecule has 0 aromatic heterocycles. The van der Waals surface area contributed by atoms with E-state index in [1.54, 1.807) is 6.08 Å². The van der Waals surface area contributed by atoms with Crippen molar-refractivity contribution in [2.75, 3.05) is 7.05 Å². The molecule has 1 heterocycles. The van der Waals surface area contributed by atoms with Crippen molar-refractivity contribution >= 4 is 5.78 Å². The third-order valence-electron chi connectivity index (χ3n) is 4.09. The molecule has 0 aromatic carbocycles. The number of rotatable bonds is 1. The second-order valence-electron chi connectivity index (χ2n) is 6.97. The number of allylic oxidation sites excluding steroid dienone is 12. The first-order valence-electron chi connectivity index (χ1n) is 7.65. The molecule has 1 aliphatic carbocycles. The molecular weight excluding hydrogens is 270 g/mol. The minimum Gasteiger partial charge on any atom is -0.352 e. The van der Waals surface area contributed by atoms with Crippen molar-refractivity contribution in [3.05, 3.63) is 70.6 Å². The van der Waals surface area contributed by atoms with Gasteiger partial charge in [0.15, 0.2) is 5.78 Å². The number of ketones is 1. The lowest BCUT2D eigenvalue weighted by molar-refractivity contribution is -0.112. The molecule has 0 unspecified atom stereocenters. The lowest BCUT2D eigenvalue weighted by Gasteiger charge is -2.25. The van der Waals surface area contributed by atoms with Gasteiger partial charge in [0.2, 0.25) is 0 Å². The highest BCUT2D eigenvalue weighted by Gasteiger charge is 2.23. The van der Waals surface area contributed by atoms with Crippen LogP contribution in [-0.2, 0) is 4.79 Å². The highest BCUT2D eigenvalue weighted by molar-refractivity contribution is 6.06. The van der Waals surface area contributed by atoms with Crippen LogP contribution in [0.2, 0.25) is 0 Å². The van der Waals surface area contributed by atoms with Crippen molar-refractivity contribution in [3.63, 3.8) is 0 Å². The van der Waals surface area contributed by atoms with Crippen molar-refractivity contribution in [3.8, 4) is 0 Å². The Kier molecular flexibility index (Phi) is 4.41. The second-order valence-corrected chi connectivity index (χ2v) is 6.97. The largest absolute Gasteiger partial charge is 0.352 e. The number of carbonyl (C=O) groups excluding carboxylic acids is 1. The van der Waals surface area contributed by atoms with Crippen LogP contribution in [-0.4, -0.2) is 17.7 Å². The van der Waals surface area contributed by atoms with Gasteiger partial charge in [0, 0.05) is 24.0 Å². The molecule has 0 N–H and O–H groups in total.